The van der Waals surface area contributed by atoms with Crippen molar-refractivity contribution in [1.82, 2.24) is 15.2 Å². The zero-order valence-corrected chi connectivity index (χ0v) is 14.7. The molecule has 0 saturated carbocycles. The van der Waals surface area contributed by atoms with Gasteiger partial charge in [0, 0.05) is 17.1 Å². The lowest BCUT2D eigenvalue weighted by Gasteiger charge is -2.56. The van der Waals surface area contributed by atoms with Gasteiger partial charge >= 0.3 is 0 Å². The average molecular weight is 329 g/mol. The molecule has 1 N–H and O–H groups in total. The fraction of sp³-hybridized carbons (Fsp3) is 0.556. The van der Waals surface area contributed by atoms with Gasteiger partial charge in [0.15, 0.2) is 0 Å². The maximum absolute atomic E-state index is 12.8. The summed E-state index contributed by atoms with van der Waals surface area (Å²) in [6.07, 6.45) is 2.39. The Morgan fingerprint density at radius 2 is 2.09 bits per heavy atom. The highest BCUT2D eigenvalue weighted by Gasteiger charge is 2.48. The molecule has 1 atom stereocenters. The number of carbonyl (C=O) groups excluding carboxylic acids is 1. The Kier molecular flexibility index (Phi) is 3.46. The summed E-state index contributed by atoms with van der Waals surface area (Å²) in [7, 11) is 0. The molecule has 0 spiro atoms. The number of carbonyl (C=O) groups is 1. The smallest absolute Gasteiger partial charge is 0.251 e. The molecule has 3 fully saturated rings. The zero-order valence-electron chi connectivity index (χ0n) is 13.9. The van der Waals surface area contributed by atoms with E-state index in [2.05, 4.69) is 29.0 Å². The molecule has 1 amide bonds. The van der Waals surface area contributed by atoms with E-state index in [1.807, 2.05) is 25.1 Å². The van der Waals surface area contributed by atoms with Crippen LogP contribution < -0.4 is 5.32 Å². The minimum Gasteiger partial charge on any atom is -0.347 e. The van der Waals surface area contributed by atoms with Crippen LogP contribution in [-0.4, -0.2) is 40.5 Å². The molecule has 5 rings (SSSR count). The third-order valence-electron chi connectivity index (χ3n) is 5.63. The molecule has 5 heteroatoms. The molecule has 3 saturated heterocycles. The number of piperidine rings is 3. The Labute approximate surface area is 140 Å². The van der Waals surface area contributed by atoms with E-state index in [-0.39, 0.29) is 17.5 Å². The predicted molar refractivity (Wildman–Crippen MR) is 94.0 cm³/mol. The van der Waals surface area contributed by atoms with Crippen LogP contribution in [0.1, 0.15) is 42.1 Å². The fourth-order valence-electron chi connectivity index (χ4n) is 4.28. The first kappa shape index (κ1) is 15.1. The molecule has 23 heavy (non-hydrogen) atoms. The minimum absolute atomic E-state index is 0.0437. The van der Waals surface area contributed by atoms with Gasteiger partial charge in [0.25, 0.3) is 5.91 Å². The highest BCUT2D eigenvalue weighted by atomic mass is 32.1. The molecule has 4 heterocycles. The first-order chi connectivity index (χ1) is 10.9. The number of hydrogen-bond acceptors (Lipinski definition) is 4. The van der Waals surface area contributed by atoms with Gasteiger partial charge in [-0.25, -0.2) is 4.98 Å². The third-order valence-corrected chi connectivity index (χ3v) is 6.56. The first-order valence-corrected chi connectivity index (χ1v) is 9.20. The number of aromatic nitrogens is 1. The van der Waals surface area contributed by atoms with Crippen LogP contribution in [0.4, 0.5) is 0 Å². The lowest BCUT2D eigenvalue weighted by atomic mass is 9.72. The van der Waals surface area contributed by atoms with Crippen molar-refractivity contribution in [1.29, 1.82) is 0 Å². The van der Waals surface area contributed by atoms with Crippen LogP contribution in [0.2, 0.25) is 0 Å². The molecule has 0 aliphatic carbocycles. The van der Waals surface area contributed by atoms with Crippen molar-refractivity contribution in [3.63, 3.8) is 0 Å². The number of hydrogen-bond donors (Lipinski definition) is 1. The Balaban J connectivity index is 1.58. The van der Waals surface area contributed by atoms with Crippen molar-refractivity contribution >= 4 is 27.5 Å². The van der Waals surface area contributed by atoms with Crippen molar-refractivity contribution in [3.8, 4) is 0 Å². The Hall–Kier alpha value is -1.46. The number of benzene rings is 1. The van der Waals surface area contributed by atoms with E-state index in [1.54, 1.807) is 11.3 Å². The fourth-order valence-corrected chi connectivity index (χ4v) is 5.15. The largest absolute Gasteiger partial charge is 0.347 e. The predicted octanol–water partition coefficient (Wildman–Crippen LogP) is 3.21. The second kappa shape index (κ2) is 5.28. The van der Waals surface area contributed by atoms with Gasteiger partial charge in [-0.2, -0.15) is 0 Å². The monoisotopic (exact) mass is 329 g/mol. The summed E-state index contributed by atoms with van der Waals surface area (Å²) in [5.41, 5.74) is 1.77. The molecule has 1 aromatic heterocycles. The van der Waals surface area contributed by atoms with E-state index < -0.39 is 0 Å². The molecule has 1 aromatic carbocycles. The van der Waals surface area contributed by atoms with Crippen LogP contribution in [0.25, 0.3) is 10.2 Å². The molecule has 3 aliphatic heterocycles. The van der Waals surface area contributed by atoms with Crippen LogP contribution in [0.15, 0.2) is 18.2 Å². The molecule has 122 valence electrons. The molecule has 2 bridgehead atoms. The molecule has 0 radical (unpaired) electrons. The van der Waals surface area contributed by atoms with E-state index in [0.29, 0.717) is 5.92 Å². The van der Waals surface area contributed by atoms with Gasteiger partial charge in [-0.05, 0) is 70.8 Å². The van der Waals surface area contributed by atoms with Crippen LogP contribution in [0.5, 0.6) is 0 Å². The van der Waals surface area contributed by atoms with Gasteiger partial charge in [0.1, 0.15) is 0 Å². The quantitative estimate of drug-likeness (QED) is 0.920. The second-order valence-corrected chi connectivity index (χ2v) is 8.58. The second-order valence-electron chi connectivity index (χ2n) is 7.34. The summed E-state index contributed by atoms with van der Waals surface area (Å²) in [6.45, 7) is 8.85. The van der Waals surface area contributed by atoms with Crippen LogP contribution in [0, 0.1) is 12.8 Å². The Morgan fingerprint density at radius 1 is 1.35 bits per heavy atom. The summed E-state index contributed by atoms with van der Waals surface area (Å²) in [5, 5.41) is 4.37. The number of rotatable bonds is 2. The van der Waals surface area contributed by atoms with Crippen molar-refractivity contribution in [2.24, 2.45) is 5.92 Å². The van der Waals surface area contributed by atoms with Gasteiger partial charge in [-0.1, -0.05) is 0 Å². The summed E-state index contributed by atoms with van der Waals surface area (Å²) in [5.74, 6) is 0.651. The van der Waals surface area contributed by atoms with Gasteiger partial charge in [-0.3, -0.25) is 9.69 Å². The average Bonchev–Trinajstić information content (AvgIpc) is 2.90. The number of nitrogens with zero attached hydrogens (tertiary/aromatic N) is 2. The molecule has 2 aromatic rings. The van der Waals surface area contributed by atoms with Crippen molar-refractivity contribution in [3.05, 3.63) is 28.8 Å². The lowest BCUT2D eigenvalue weighted by molar-refractivity contribution is -0.0378. The summed E-state index contributed by atoms with van der Waals surface area (Å²) in [4.78, 5) is 19.8. The SMILES string of the molecule is Cc1nc2ccc(C(=O)N[C@@H]3C4CCN(CC4)C3(C)C)cc2s1. The van der Waals surface area contributed by atoms with Crippen molar-refractivity contribution in [2.45, 2.75) is 45.2 Å². The van der Waals surface area contributed by atoms with Crippen LogP contribution >= 0.6 is 11.3 Å². The van der Waals surface area contributed by atoms with Gasteiger partial charge in [0.2, 0.25) is 0 Å². The number of amides is 1. The van der Waals surface area contributed by atoms with Crippen LogP contribution in [-0.2, 0) is 0 Å². The maximum Gasteiger partial charge on any atom is 0.251 e. The van der Waals surface area contributed by atoms with Gasteiger partial charge in [-0.15, -0.1) is 11.3 Å². The van der Waals surface area contributed by atoms with Gasteiger partial charge in [0.05, 0.1) is 15.2 Å². The van der Waals surface area contributed by atoms with Crippen LogP contribution in [0.3, 0.4) is 0 Å². The number of aryl methyl sites for hydroxylation is 1. The number of thiazole rings is 1. The van der Waals surface area contributed by atoms with E-state index in [1.165, 1.54) is 12.8 Å². The first-order valence-electron chi connectivity index (χ1n) is 8.38. The summed E-state index contributed by atoms with van der Waals surface area (Å²) >= 11 is 1.64. The van der Waals surface area contributed by atoms with E-state index in [4.69, 9.17) is 0 Å². The standard InChI is InChI=1S/C18H23N3OS/c1-11-19-14-5-4-13(10-15(14)23-11)17(22)20-16-12-6-8-21(9-7-12)18(16,2)3/h4-5,10,12,16H,6-9H2,1-3H3,(H,20,22)/t16-/m1/s1. The molecular weight excluding hydrogens is 306 g/mol. The summed E-state index contributed by atoms with van der Waals surface area (Å²) in [6, 6.07) is 6.06. The number of nitrogens with one attached hydrogen (secondary N) is 1. The van der Waals surface area contributed by atoms with E-state index in [0.717, 1.165) is 33.9 Å². The van der Waals surface area contributed by atoms with E-state index >= 15 is 0 Å². The topological polar surface area (TPSA) is 45.2 Å². The highest BCUT2D eigenvalue weighted by molar-refractivity contribution is 7.18. The van der Waals surface area contributed by atoms with E-state index in [9.17, 15) is 4.79 Å². The minimum atomic E-state index is 0.0437. The zero-order chi connectivity index (χ0) is 16.2. The maximum atomic E-state index is 12.8. The Bertz CT molecular complexity index is 759. The van der Waals surface area contributed by atoms with Crippen molar-refractivity contribution < 1.29 is 4.79 Å². The summed E-state index contributed by atoms with van der Waals surface area (Å²) < 4.78 is 1.09. The number of fused-ring (bicyclic) bond motifs is 4. The van der Waals surface area contributed by atoms with Crippen molar-refractivity contribution in [2.75, 3.05) is 13.1 Å². The normalized spacial score (nSPS) is 28.9. The molecular formula is C18H23N3OS. The molecule has 0 unspecified atom stereocenters. The third kappa shape index (κ3) is 2.46. The molecule has 3 aliphatic rings. The Morgan fingerprint density at radius 3 is 2.78 bits per heavy atom. The lowest BCUT2D eigenvalue weighted by Crippen LogP contribution is -2.69. The van der Waals surface area contributed by atoms with Gasteiger partial charge < -0.3 is 5.32 Å². The molecule has 4 nitrogen and oxygen atoms in total. The highest BCUT2D eigenvalue weighted by Crippen LogP contribution is 2.39.